The molecule has 26 heavy (non-hydrogen) atoms. The van der Waals surface area contributed by atoms with Crippen molar-refractivity contribution in [1.82, 2.24) is 15.6 Å². The molecule has 3 rings (SSSR count). The molecule has 2 heterocycles. The number of nitrogens with one attached hydrogen (secondary N) is 2. The second-order valence-corrected chi connectivity index (χ2v) is 7.40. The van der Waals surface area contributed by atoms with Gasteiger partial charge in [-0.05, 0) is 37.6 Å². The fraction of sp³-hybridized carbons (Fsp3) is 0.444. The maximum absolute atomic E-state index is 12.8. The number of aromatic nitrogens is 1. The number of amides is 1. The molecule has 1 aliphatic heterocycles. The van der Waals surface area contributed by atoms with Crippen LogP contribution in [0.15, 0.2) is 29.6 Å². The minimum atomic E-state index is -4.39. The Hall–Kier alpha value is -1.93. The number of hydrogen-bond donors (Lipinski definition) is 2. The molecule has 140 valence electrons. The fourth-order valence-corrected chi connectivity index (χ4v) is 3.82. The molecular formula is C18H20F3N3OS. The Morgan fingerprint density at radius 2 is 2.23 bits per heavy atom. The van der Waals surface area contributed by atoms with Gasteiger partial charge in [0.05, 0.1) is 17.7 Å². The number of carbonyl (C=O) groups excluding carboxylic acids is 1. The van der Waals surface area contributed by atoms with E-state index in [1.807, 2.05) is 0 Å². The van der Waals surface area contributed by atoms with Crippen LogP contribution in [0, 0.1) is 5.92 Å². The van der Waals surface area contributed by atoms with E-state index in [-0.39, 0.29) is 18.4 Å². The topological polar surface area (TPSA) is 54.0 Å². The highest BCUT2D eigenvalue weighted by Crippen LogP contribution is 2.33. The van der Waals surface area contributed by atoms with E-state index in [1.54, 1.807) is 11.4 Å². The zero-order valence-corrected chi connectivity index (χ0v) is 15.1. The lowest BCUT2D eigenvalue weighted by molar-refractivity contribution is -0.137. The van der Waals surface area contributed by atoms with Gasteiger partial charge in [0.25, 0.3) is 0 Å². The van der Waals surface area contributed by atoms with Crippen LogP contribution in [0.4, 0.5) is 13.2 Å². The summed E-state index contributed by atoms with van der Waals surface area (Å²) in [5.74, 6) is 0.258. The molecule has 2 atom stereocenters. The summed E-state index contributed by atoms with van der Waals surface area (Å²) in [7, 11) is 0. The Balaban J connectivity index is 1.65. The summed E-state index contributed by atoms with van der Waals surface area (Å²) in [4.78, 5) is 16.6. The number of alkyl halides is 3. The smallest absolute Gasteiger partial charge is 0.353 e. The van der Waals surface area contributed by atoms with Crippen molar-refractivity contribution in [2.45, 2.75) is 32.0 Å². The maximum atomic E-state index is 12.8. The molecule has 8 heteroatoms. The van der Waals surface area contributed by atoms with Crippen LogP contribution in [-0.4, -0.2) is 30.0 Å². The molecule has 2 unspecified atom stereocenters. The summed E-state index contributed by atoms with van der Waals surface area (Å²) < 4.78 is 38.5. The number of hydrogen-bond acceptors (Lipinski definition) is 4. The molecule has 1 fully saturated rings. The van der Waals surface area contributed by atoms with Gasteiger partial charge in [-0.2, -0.15) is 13.2 Å². The van der Waals surface area contributed by atoms with Crippen LogP contribution in [0.3, 0.4) is 0 Å². The Morgan fingerprint density at radius 1 is 1.42 bits per heavy atom. The average Bonchev–Trinajstić information content (AvgIpc) is 3.05. The van der Waals surface area contributed by atoms with E-state index in [4.69, 9.17) is 0 Å². The van der Waals surface area contributed by atoms with Crippen LogP contribution < -0.4 is 10.6 Å². The Morgan fingerprint density at radius 3 is 2.96 bits per heavy atom. The van der Waals surface area contributed by atoms with Gasteiger partial charge in [-0.15, -0.1) is 11.3 Å². The van der Waals surface area contributed by atoms with Crippen molar-refractivity contribution >= 4 is 17.2 Å². The molecule has 0 saturated carbocycles. The Kier molecular flexibility index (Phi) is 5.62. The predicted octanol–water partition coefficient (Wildman–Crippen LogP) is 3.49. The van der Waals surface area contributed by atoms with Gasteiger partial charge in [0, 0.05) is 17.0 Å². The van der Waals surface area contributed by atoms with Crippen molar-refractivity contribution in [1.29, 1.82) is 0 Å². The van der Waals surface area contributed by atoms with Crippen molar-refractivity contribution in [3.63, 3.8) is 0 Å². The highest BCUT2D eigenvalue weighted by Gasteiger charge is 2.30. The summed E-state index contributed by atoms with van der Waals surface area (Å²) >= 11 is 1.24. The van der Waals surface area contributed by atoms with Gasteiger partial charge in [0.1, 0.15) is 5.01 Å². The molecule has 4 nitrogen and oxygen atoms in total. The van der Waals surface area contributed by atoms with Crippen molar-refractivity contribution in [3.05, 3.63) is 40.9 Å². The van der Waals surface area contributed by atoms with Gasteiger partial charge in [0.2, 0.25) is 5.91 Å². The third-order valence-electron chi connectivity index (χ3n) is 4.46. The Bertz CT molecular complexity index is 775. The van der Waals surface area contributed by atoms with Crippen molar-refractivity contribution < 1.29 is 18.0 Å². The normalized spacial score (nSPS) is 20.8. The zero-order chi connectivity index (χ0) is 18.7. The third-order valence-corrected chi connectivity index (χ3v) is 5.40. The van der Waals surface area contributed by atoms with Crippen LogP contribution in [0.2, 0.25) is 0 Å². The van der Waals surface area contributed by atoms with Crippen LogP contribution in [0.25, 0.3) is 10.6 Å². The summed E-state index contributed by atoms with van der Waals surface area (Å²) in [6.07, 6.45) is -3.37. The summed E-state index contributed by atoms with van der Waals surface area (Å²) in [5.41, 5.74) is 0.273. The van der Waals surface area contributed by atoms with E-state index < -0.39 is 11.7 Å². The van der Waals surface area contributed by atoms with Gasteiger partial charge in [-0.3, -0.25) is 4.79 Å². The first-order valence-electron chi connectivity index (χ1n) is 8.45. The lowest BCUT2D eigenvalue weighted by Crippen LogP contribution is -2.48. The molecule has 2 N–H and O–H groups in total. The number of rotatable bonds is 4. The third kappa shape index (κ3) is 4.62. The molecule has 1 amide bonds. The molecule has 1 saturated heterocycles. The first-order valence-corrected chi connectivity index (χ1v) is 9.33. The van der Waals surface area contributed by atoms with Crippen LogP contribution in [0.1, 0.15) is 24.6 Å². The SMILES string of the molecule is CC1CNCCC1NC(=O)Cc1csc(-c2cccc(C(F)(F)F)c2)n1. The second-order valence-electron chi connectivity index (χ2n) is 6.54. The van der Waals surface area contributed by atoms with Crippen molar-refractivity contribution in [2.75, 3.05) is 13.1 Å². The largest absolute Gasteiger partial charge is 0.416 e. The molecule has 1 aliphatic rings. The standard InChI is InChI=1S/C18H20F3N3OS/c1-11-9-22-6-5-15(11)24-16(25)8-14-10-26-17(23-14)12-3-2-4-13(7-12)18(19,20)21/h2-4,7,10-11,15,22H,5-6,8-9H2,1H3,(H,24,25). The number of nitrogens with zero attached hydrogens (tertiary/aromatic N) is 1. The molecule has 1 aromatic heterocycles. The Labute approximate surface area is 153 Å². The van der Waals surface area contributed by atoms with Gasteiger partial charge in [0.15, 0.2) is 0 Å². The molecule has 1 aromatic carbocycles. The van der Waals surface area contributed by atoms with Crippen LogP contribution in [-0.2, 0) is 17.4 Å². The summed E-state index contributed by atoms with van der Waals surface area (Å²) in [6, 6.07) is 5.22. The molecule has 2 aromatic rings. The van der Waals surface area contributed by atoms with Gasteiger partial charge in [-0.25, -0.2) is 4.98 Å². The van der Waals surface area contributed by atoms with Crippen molar-refractivity contribution in [3.8, 4) is 10.6 Å². The summed E-state index contributed by atoms with van der Waals surface area (Å²) in [5, 5.41) is 8.52. The van der Waals surface area contributed by atoms with Gasteiger partial charge in [-0.1, -0.05) is 19.1 Å². The molecule has 0 aliphatic carbocycles. The maximum Gasteiger partial charge on any atom is 0.416 e. The number of halogens is 3. The van der Waals surface area contributed by atoms with Crippen LogP contribution in [0.5, 0.6) is 0 Å². The molecular weight excluding hydrogens is 363 g/mol. The fourth-order valence-electron chi connectivity index (χ4n) is 3.00. The second kappa shape index (κ2) is 7.75. The number of thiazole rings is 1. The van der Waals surface area contributed by atoms with E-state index >= 15 is 0 Å². The minimum absolute atomic E-state index is 0.107. The first-order chi connectivity index (χ1) is 12.3. The monoisotopic (exact) mass is 383 g/mol. The zero-order valence-electron chi connectivity index (χ0n) is 14.3. The summed E-state index contributed by atoms with van der Waals surface area (Å²) in [6.45, 7) is 3.85. The molecule has 0 spiro atoms. The quantitative estimate of drug-likeness (QED) is 0.850. The predicted molar refractivity (Wildman–Crippen MR) is 94.8 cm³/mol. The van der Waals surface area contributed by atoms with Gasteiger partial charge < -0.3 is 10.6 Å². The lowest BCUT2D eigenvalue weighted by Gasteiger charge is -2.30. The minimum Gasteiger partial charge on any atom is -0.353 e. The molecule has 0 radical (unpaired) electrons. The highest BCUT2D eigenvalue weighted by atomic mass is 32.1. The van der Waals surface area contributed by atoms with Gasteiger partial charge >= 0.3 is 6.18 Å². The van der Waals surface area contributed by atoms with E-state index in [0.717, 1.165) is 31.6 Å². The van der Waals surface area contributed by atoms with Crippen molar-refractivity contribution in [2.24, 2.45) is 5.92 Å². The number of carbonyl (C=O) groups is 1. The van der Waals surface area contributed by atoms with E-state index in [9.17, 15) is 18.0 Å². The first kappa shape index (κ1) is 18.8. The molecule has 0 bridgehead atoms. The van der Waals surface area contributed by atoms with E-state index in [2.05, 4.69) is 22.5 Å². The number of piperidine rings is 1. The lowest BCUT2D eigenvalue weighted by atomic mass is 9.95. The highest BCUT2D eigenvalue weighted by molar-refractivity contribution is 7.13. The average molecular weight is 383 g/mol. The number of benzene rings is 1. The van der Waals surface area contributed by atoms with E-state index in [1.165, 1.54) is 17.4 Å². The van der Waals surface area contributed by atoms with E-state index in [0.29, 0.717) is 22.2 Å². The van der Waals surface area contributed by atoms with Crippen LogP contribution >= 0.6 is 11.3 Å².